The maximum atomic E-state index is 13.0. The van der Waals surface area contributed by atoms with Crippen LogP contribution in [0, 0.1) is 5.82 Å². The molecule has 0 heterocycles. The number of hydrogen-bond donors (Lipinski definition) is 2. The van der Waals surface area contributed by atoms with Crippen LogP contribution in [0.3, 0.4) is 0 Å². The fourth-order valence-corrected chi connectivity index (χ4v) is 1.46. The van der Waals surface area contributed by atoms with E-state index in [-0.39, 0.29) is 17.8 Å². The summed E-state index contributed by atoms with van der Waals surface area (Å²) in [5, 5.41) is 5.74. The summed E-state index contributed by atoms with van der Waals surface area (Å²) in [5.41, 5.74) is 1.48. The number of rotatable bonds is 4. The number of carbonyl (C=O) groups excluding carboxylic acids is 1. The van der Waals surface area contributed by atoms with E-state index in [2.05, 4.69) is 10.6 Å². The second kappa shape index (κ2) is 5.61. The van der Waals surface area contributed by atoms with E-state index in [1.54, 1.807) is 6.07 Å². The van der Waals surface area contributed by atoms with Gasteiger partial charge in [-0.05, 0) is 38.1 Å². The van der Waals surface area contributed by atoms with E-state index in [1.807, 2.05) is 14.0 Å². The number of hydrogen-bond acceptors (Lipinski definition) is 2. The normalized spacial score (nSPS) is 12.2. The van der Waals surface area contributed by atoms with Gasteiger partial charge in [-0.25, -0.2) is 4.39 Å². The average Bonchev–Trinajstić information content (AvgIpc) is 2.21. The summed E-state index contributed by atoms with van der Waals surface area (Å²) in [5.74, 6) is -0.534. The molecule has 1 unspecified atom stereocenters. The molecule has 0 saturated heterocycles. The van der Waals surface area contributed by atoms with Crippen molar-refractivity contribution < 1.29 is 9.18 Å². The van der Waals surface area contributed by atoms with E-state index in [4.69, 9.17) is 0 Å². The van der Waals surface area contributed by atoms with E-state index in [0.717, 1.165) is 12.0 Å². The molecule has 0 bridgehead atoms. The van der Waals surface area contributed by atoms with Gasteiger partial charge in [0.2, 0.25) is 5.91 Å². The molecule has 1 rings (SSSR count). The van der Waals surface area contributed by atoms with Gasteiger partial charge in [0.25, 0.3) is 0 Å². The molecule has 16 heavy (non-hydrogen) atoms. The molecule has 0 aliphatic rings. The zero-order valence-electron chi connectivity index (χ0n) is 9.80. The molecule has 0 saturated carbocycles. The largest absolute Gasteiger partial charge is 0.326 e. The Labute approximate surface area is 95.0 Å². The molecule has 0 aliphatic heterocycles. The lowest BCUT2D eigenvalue weighted by Gasteiger charge is -2.14. The summed E-state index contributed by atoms with van der Waals surface area (Å²) in [6.07, 6.45) is 0.742. The van der Waals surface area contributed by atoms with Crippen molar-refractivity contribution >= 4 is 11.6 Å². The second-order valence-electron chi connectivity index (χ2n) is 3.88. The highest BCUT2D eigenvalue weighted by molar-refractivity contribution is 5.89. The van der Waals surface area contributed by atoms with Crippen LogP contribution in [0.5, 0.6) is 0 Å². The Hall–Kier alpha value is -1.42. The van der Waals surface area contributed by atoms with Crippen molar-refractivity contribution in [1.29, 1.82) is 0 Å². The number of amides is 1. The summed E-state index contributed by atoms with van der Waals surface area (Å²) in [6.45, 7) is 3.44. The first kappa shape index (κ1) is 12.6. The predicted octanol–water partition coefficient (Wildman–Crippen LogP) is 1.93. The lowest BCUT2D eigenvalue weighted by Crippen LogP contribution is -2.24. The van der Waals surface area contributed by atoms with Crippen LogP contribution < -0.4 is 10.6 Å². The molecule has 2 N–H and O–H groups in total. The Morgan fingerprint density at radius 3 is 2.75 bits per heavy atom. The van der Waals surface area contributed by atoms with Crippen LogP contribution >= 0.6 is 0 Å². The van der Waals surface area contributed by atoms with E-state index in [1.165, 1.54) is 19.1 Å². The molecule has 4 heteroatoms. The number of anilines is 1. The van der Waals surface area contributed by atoms with Crippen LogP contribution in [0.25, 0.3) is 0 Å². The van der Waals surface area contributed by atoms with E-state index in [0.29, 0.717) is 5.69 Å². The lowest BCUT2D eigenvalue weighted by molar-refractivity contribution is -0.114. The van der Waals surface area contributed by atoms with Gasteiger partial charge in [-0.3, -0.25) is 4.79 Å². The third kappa shape index (κ3) is 3.62. The smallest absolute Gasteiger partial charge is 0.221 e. The zero-order valence-corrected chi connectivity index (χ0v) is 9.80. The Kier molecular flexibility index (Phi) is 4.43. The van der Waals surface area contributed by atoms with Gasteiger partial charge in [0.1, 0.15) is 5.82 Å². The summed E-state index contributed by atoms with van der Waals surface area (Å²) in [6, 6.07) is 4.73. The third-order valence-electron chi connectivity index (χ3n) is 2.40. The van der Waals surface area contributed by atoms with Crippen molar-refractivity contribution in [3.05, 3.63) is 29.6 Å². The van der Waals surface area contributed by atoms with Crippen LogP contribution in [0.15, 0.2) is 18.2 Å². The maximum absolute atomic E-state index is 13.0. The molecule has 0 spiro atoms. The fraction of sp³-hybridized carbons (Fsp3) is 0.417. The number of likely N-dealkylation sites (N-methyl/N-ethyl adjacent to an activating group) is 1. The van der Waals surface area contributed by atoms with Gasteiger partial charge in [0, 0.05) is 18.7 Å². The van der Waals surface area contributed by atoms with Crippen molar-refractivity contribution in [2.24, 2.45) is 0 Å². The Morgan fingerprint density at radius 2 is 2.19 bits per heavy atom. The van der Waals surface area contributed by atoms with Crippen molar-refractivity contribution in [3.8, 4) is 0 Å². The van der Waals surface area contributed by atoms with Gasteiger partial charge < -0.3 is 10.6 Å². The average molecular weight is 224 g/mol. The molecule has 1 aromatic carbocycles. The first-order valence-corrected chi connectivity index (χ1v) is 5.26. The molecule has 1 amide bonds. The molecule has 1 atom stereocenters. The second-order valence-corrected chi connectivity index (χ2v) is 3.88. The highest BCUT2D eigenvalue weighted by Crippen LogP contribution is 2.18. The zero-order chi connectivity index (χ0) is 12.1. The Bertz CT molecular complexity index is 379. The van der Waals surface area contributed by atoms with E-state index < -0.39 is 0 Å². The third-order valence-corrected chi connectivity index (χ3v) is 2.40. The van der Waals surface area contributed by atoms with Crippen LogP contribution in [0.1, 0.15) is 19.4 Å². The van der Waals surface area contributed by atoms with Crippen LogP contribution in [-0.4, -0.2) is 19.0 Å². The van der Waals surface area contributed by atoms with Gasteiger partial charge in [0.05, 0.1) is 0 Å². The van der Waals surface area contributed by atoms with Crippen molar-refractivity contribution in [1.82, 2.24) is 5.32 Å². The topological polar surface area (TPSA) is 41.1 Å². The van der Waals surface area contributed by atoms with E-state index in [9.17, 15) is 9.18 Å². The number of carbonyl (C=O) groups is 1. The first-order chi connectivity index (χ1) is 7.52. The van der Waals surface area contributed by atoms with Crippen LogP contribution in [-0.2, 0) is 11.2 Å². The quantitative estimate of drug-likeness (QED) is 0.820. The molecule has 0 aliphatic carbocycles. The Balaban J connectivity index is 2.93. The summed E-state index contributed by atoms with van der Waals surface area (Å²) >= 11 is 0. The predicted molar refractivity (Wildman–Crippen MR) is 62.9 cm³/mol. The lowest BCUT2D eigenvalue weighted by atomic mass is 10.0. The summed E-state index contributed by atoms with van der Waals surface area (Å²) in [4.78, 5) is 11.0. The minimum absolute atomic E-state index is 0.191. The van der Waals surface area contributed by atoms with Gasteiger partial charge in [-0.1, -0.05) is 6.07 Å². The van der Waals surface area contributed by atoms with Gasteiger partial charge >= 0.3 is 0 Å². The van der Waals surface area contributed by atoms with Gasteiger partial charge in [-0.2, -0.15) is 0 Å². The molecule has 88 valence electrons. The monoisotopic (exact) mass is 224 g/mol. The van der Waals surface area contributed by atoms with Gasteiger partial charge in [-0.15, -0.1) is 0 Å². The van der Waals surface area contributed by atoms with Crippen molar-refractivity contribution in [2.45, 2.75) is 26.3 Å². The maximum Gasteiger partial charge on any atom is 0.221 e. The number of nitrogens with one attached hydrogen (secondary N) is 2. The van der Waals surface area contributed by atoms with E-state index >= 15 is 0 Å². The highest BCUT2D eigenvalue weighted by Gasteiger charge is 2.08. The molecule has 3 nitrogen and oxygen atoms in total. The first-order valence-electron chi connectivity index (χ1n) is 5.26. The number of benzene rings is 1. The minimum Gasteiger partial charge on any atom is -0.326 e. The summed E-state index contributed by atoms with van der Waals surface area (Å²) in [7, 11) is 1.87. The molecule has 0 radical (unpaired) electrons. The van der Waals surface area contributed by atoms with Crippen molar-refractivity contribution in [3.63, 3.8) is 0 Å². The SMILES string of the molecule is CNC(C)Cc1ccc(F)cc1NC(C)=O. The van der Waals surface area contributed by atoms with Crippen molar-refractivity contribution in [2.75, 3.05) is 12.4 Å². The molecule has 1 aromatic rings. The molecular formula is C12H17FN2O. The van der Waals surface area contributed by atoms with Crippen LogP contribution in [0.2, 0.25) is 0 Å². The minimum atomic E-state index is -0.343. The van der Waals surface area contributed by atoms with Gasteiger partial charge in [0.15, 0.2) is 0 Å². The molecule has 0 fully saturated rings. The summed E-state index contributed by atoms with van der Waals surface area (Å²) < 4.78 is 13.0. The number of halogens is 1. The molecular weight excluding hydrogens is 207 g/mol. The standard InChI is InChI=1S/C12H17FN2O/c1-8(14-3)6-10-4-5-11(13)7-12(10)15-9(2)16/h4-5,7-8,14H,6H2,1-3H3,(H,15,16). The molecule has 0 aromatic heterocycles. The highest BCUT2D eigenvalue weighted by atomic mass is 19.1. The Morgan fingerprint density at radius 1 is 1.50 bits per heavy atom. The van der Waals surface area contributed by atoms with Crippen LogP contribution in [0.4, 0.5) is 10.1 Å². The fourth-order valence-electron chi connectivity index (χ4n) is 1.46.